The second-order valence-electron chi connectivity index (χ2n) is 7.67. The first kappa shape index (κ1) is 17.6. The van der Waals surface area contributed by atoms with Gasteiger partial charge in [-0.2, -0.15) is 0 Å². The highest BCUT2D eigenvalue weighted by molar-refractivity contribution is 5.90. The molecule has 0 aliphatic heterocycles. The molecule has 2 aromatic carbocycles. The number of aromatic nitrogens is 1. The minimum Gasteiger partial charge on any atom is -0.508 e. The van der Waals surface area contributed by atoms with E-state index in [0.717, 1.165) is 27.8 Å². The Morgan fingerprint density at radius 1 is 1.15 bits per heavy atom. The van der Waals surface area contributed by atoms with Gasteiger partial charge in [0.15, 0.2) is 0 Å². The number of phenols is 1. The Morgan fingerprint density at radius 3 is 2.41 bits per heavy atom. The van der Waals surface area contributed by atoms with E-state index < -0.39 is 5.97 Å². The molecule has 4 rings (SSSR count). The molecular formula is C22H22FNO3. The summed E-state index contributed by atoms with van der Waals surface area (Å²) in [5, 5.41) is 20.3. The van der Waals surface area contributed by atoms with Gasteiger partial charge >= 0.3 is 5.97 Å². The van der Waals surface area contributed by atoms with Crippen LogP contribution in [-0.4, -0.2) is 20.7 Å². The summed E-state index contributed by atoms with van der Waals surface area (Å²) in [5.74, 6) is -0.830. The van der Waals surface area contributed by atoms with Gasteiger partial charge in [0.2, 0.25) is 0 Å². The summed E-state index contributed by atoms with van der Waals surface area (Å²) in [7, 11) is 0. The molecule has 0 amide bonds. The summed E-state index contributed by atoms with van der Waals surface area (Å²) in [6.45, 7) is 4.20. The van der Waals surface area contributed by atoms with Crippen LogP contribution in [0, 0.1) is 11.7 Å². The number of aliphatic carboxylic acids is 1. The van der Waals surface area contributed by atoms with Crippen molar-refractivity contribution in [2.45, 2.75) is 38.5 Å². The predicted molar refractivity (Wildman–Crippen MR) is 102 cm³/mol. The fourth-order valence-corrected chi connectivity index (χ4v) is 4.24. The van der Waals surface area contributed by atoms with Gasteiger partial charge in [-0.25, -0.2) is 4.39 Å². The lowest BCUT2D eigenvalue weighted by Crippen LogP contribution is -2.29. The average molecular weight is 367 g/mol. The molecular weight excluding hydrogens is 345 g/mol. The highest BCUT2D eigenvalue weighted by atomic mass is 19.1. The fraction of sp³-hybridized carbons (Fsp3) is 0.318. The van der Waals surface area contributed by atoms with Crippen LogP contribution in [0.4, 0.5) is 4.39 Å². The Labute approximate surface area is 156 Å². The van der Waals surface area contributed by atoms with E-state index in [1.165, 1.54) is 12.1 Å². The van der Waals surface area contributed by atoms with Gasteiger partial charge in [0.05, 0.1) is 11.4 Å². The normalized spacial score (nSPS) is 19.4. The minimum atomic E-state index is -0.748. The quantitative estimate of drug-likeness (QED) is 0.668. The smallest absolute Gasteiger partial charge is 0.306 e. The number of fused-ring (bicyclic) bond motifs is 1. The number of nitrogens with zero attached hydrogens (tertiary/aromatic N) is 1. The molecule has 1 aliphatic carbocycles. The van der Waals surface area contributed by atoms with Crippen LogP contribution in [0.5, 0.6) is 5.75 Å². The largest absolute Gasteiger partial charge is 0.508 e. The third-order valence-corrected chi connectivity index (χ3v) is 5.56. The van der Waals surface area contributed by atoms with E-state index >= 15 is 0 Å². The summed E-state index contributed by atoms with van der Waals surface area (Å²) in [5.41, 5.74) is 4.00. The summed E-state index contributed by atoms with van der Waals surface area (Å²) < 4.78 is 15.6. The molecule has 3 aromatic rings. The van der Waals surface area contributed by atoms with Crippen molar-refractivity contribution in [2.75, 3.05) is 0 Å². The Hall–Kier alpha value is -2.82. The Morgan fingerprint density at radius 2 is 1.81 bits per heavy atom. The molecule has 1 aromatic heterocycles. The monoisotopic (exact) mass is 367 g/mol. The maximum absolute atomic E-state index is 13.4. The fourth-order valence-electron chi connectivity index (χ4n) is 4.24. The minimum absolute atomic E-state index is 0.148. The van der Waals surface area contributed by atoms with E-state index in [9.17, 15) is 19.4 Å². The van der Waals surface area contributed by atoms with E-state index in [1.54, 1.807) is 24.3 Å². The number of carboxylic acids is 1. The van der Waals surface area contributed by atoms with E-state index in [2.05, 4.69) is 18.4 Å². The van der Waals surface area contributed by atoms with E-state index in [1.807, 2.05) is 6.07 Å². The first-order valence-electron chi connectivity index (χ1n) is 9.22. The van der Waals surface area contributed by atoms with Crippen LogP contribution >= 0.6 is 0 Å². The van der Waals surface area contributed by atoms with Crippen LogP contribution in [0.3, 0.4) is 0 Å². The molecule has 0 atom stereocenters. The summed E-state index contributed by atoms with van der Waals surface area (Å²) >= 11 is 0. The number of carboxylic acid groups (broad SMARTS) is 1. The van der Waals surface area contributed by atoms with Gasteiger partial charge in [-0.1, -0.05) is 13.8 Å². The Bertz CT molecular complexity index is 1010. The van der Waals surface area contributed by atoms with Gasteiger partial charge in [-0.15, -0.1) is 0 Å². The van der Waals surface area contributed by atoms with Crippen molar-refractivity contribution < 1.29 is 19.4 Å². The Kier molecular flexibility index (Phi) is 4.17. The second-order valence-corrected chi connectivity index (χ2v) is 7.67. The van der Waals surface area contributed by atoms with E-state index in [4.69, 9.17) is 0 Å². The summed E-state index contributed by atoms with van der Waals surface area (Å²) in [6.07, 6.45) is 1.21. The molecule has 1 heterocycles. The molecule has 1 fully saturated rings. The number of hydrogen-bond donors (Lipinski definition) is 2. The van der Waals surface area contributed by atoms with Crippen molar-refractivity contribution in [1.82, 2.24) is 4.57 Å². The molecule has 0 radical (unpaired) electrons. The van der Waals surface area contributed by atoms with Gasteiger partial charge in [0.25, 0.3) is 0 Å². The van der Waals surface area contributed by atoms with E-state index in [-0.39, 0.29) is 29.3 Å². The summed E-state index contributed by atoms with van der Waals surface area (Å²) in [4.78, 5) is 11.3. The van der Waals surface area contributed by atoms with Crippen molar-refractivity contribution in [3.63, 3.8) is 0 Å². The predicted octanol–water partition coefficient (Wildman–Crippen LogP) is 5.18. The van der Waals surface area contributed by atoms with Gasteiger partial charge in [-0.05, 0) is 72.7 Å². The van der Waals surface area contributed by atoms with Gasteiger partial charge in [0.1, 0.15) is 11.6 Å². The molecule has 0 bridgehead atoms. The van der Waals surface area contributed by atoms with Crippen LogP contribution in [0.2, 0.25) is 0 Å². The lowest BCUT2D eigenvalue weighted by molar-refractivity contribution is -0.145. The number of aromatic hydroxyl groups is 1. The van der Waals surface area contributed by atoms with Crippen molar-refractivity contribution in [3.05, 3.63) is 59.5 Å². The highest BCUT2D eigenvalue weighted by Gasteiger charge is 2.39. The van der Waals surface area contributed by atoms with Gasteiger partial charge in [-0.3, -0.25) is 4.79 Å². The molecule has 0 spiro atoms. The molecule has 4 nitrogen and oxygen atoms in total. The molecule has 27 heavy (non-hydrogen) atoms. The molecule has 0 saturated heterocycles. The Balaban J connectivity index is 1.96. The van der Waals surface area contributed by atoms with Crippen molar-refractivity contribution in [3.8, 4) is 11.4 Å². The lowest BCUT2D eigenvalue weighted by atomic mass is 9.70. The maximum Gasteiger partial charge on any atom is 0.306 e. The van der Waals surface area contributed by atoms with Crippen LogP contribution in [0.1, 0.15) is 49.8 Å². The van der Waals surface area contributed by atoms with Gasteiger partial charge < -0.3 is 14.8 Å². The molecule has 1 aliphatic rings. The van der Waals surface area contributed by atoms with Crippen LogP contribution in [-0.2, 0) is 4.79 Å². The first-order chi connectivity index (χ1) is 12.9. The van der Waals surface area contributed by atoms with Crippen molar-refractivity contribution in [1.29, 1.82) is 0 Å². The second kappa shape index (κ2) is 6.41. The number of benzene rings is 2. The molecule has 140 valence electrons. The molecule has 5 heteroatoms. The third kappa shape index (κ3) is 2.87. The number of rotatable bonds is 4. The topological polar surface area (TPSA) is 62.5 Å². The van der Waals surface area contributed by atoms with Gasteiger partial charge in [0, 0.05) is 16.8 Å². The number of hydrogen-bond acceptors (Lipinski definition) is 2. The number of carbonyl (C=O) groups is 1. The SMILES string of the molecule is CC(C)c1c([C@H]2C[C@@H](C(=O)O)C2)c2cc(O)ccc2n1-c1ccc(F)cc1. The molecule has 1 saturated carbocycles. The summed E-state index contributed by atoms with van der Waals surface area (Å²) in [6, 6.07) is 11.7. The van der Waals surface area contributed by atoms with Crippen molar-refractivity contribution >= 4 is 16.9 Å². The number of halogens is 1. The third-order valence-electron chi connectivity index (χ3n) is 5.56. The molecule has 0 unspecified atom stereocenters. The van der Waals surface area contributed by atoms with Crippen LogP contribution in [0.25, 0.3) is 16.6 Å². The van der Waals surface area contributed by atoms with E-state index in [0.29, 0.717) is 12.8 Å². The van der Waals surface area contributed by atoms with Crippen molar-refractivity contribution in [2.24, 2.45) is 5.92 Å². The first-order valence-corrected chi connectivity index (χ1v) is 9.22. The van der Waals surface area contributed by atoms with Crippen LogP contribution in [0.15, 0.2) is 42.5 Å². The maximum atomic E-state index is 13.4. The zero-order chi connectivity index (χ0) is 19.3. The zero-order valence-electron chi connectivity index (χ0n) is 15.3. The van der Waals surface area contributed by atoms with Crippen LogP contribution < -0.4 is 0 Å². The number of phenolic OH excluding ortho intramolecular Hbond substituents is 1. The molecule has 2 N–H and O–H groups in total. The highest BCUT2D eigenvalue weighted by Crippen LogP contribution is 2.49. The lowest BCUT2D eigenvalue weighted by Gasteiger charge is -2.34. The standard InChI is InChI=1S/C22H22FNO3/c1-12(2)21-20(13-9-14(10-13)22(26)27)18-11-17(25)7-8-19(18)24(21)16-5-3-15(23)4-6-16/h3-8,11-14,25H,9-10H2,1-2H3,(H,26,27)/t13-,14+. The zero-order valence-corrected chi connectivity index (χ0v) is 15.3. The average Bonchev–Trinajstić information content (AvgIpc) is 2.88.